The lowest BCUT2D eigenvalue weighted by Crippen LogP contribution is -2.91. The van der Waals surface area contributed by atoms with Gasteiger partial charge >= 0.3 is 11.9 Å². The summed E-state index contributed by atoms with van der Waals surface area (Å²) in [5.41, 5.74) is 11.7. The first-order valence-electron chi connectivity index (χ1n) is 6.38. The summed E-state index contributed by atoms with van der Waals surface area (Å²) in [6.45, 7) is 0.326. The fraction of sp³-hybridized carbons (Fsp3) is 0.308. The summed E-state index contributed by atoms with van der Waals surface area (Å²) in [6.07, 6.45) is 0.739. The molecule has 0 aliphatic rings. The molecule has 1 rings (SSSR count). The van der Waals surface area contributed by atoms with Crippen molar-refractivity contribution in [1.29, 1.82) is 0 Å². The zero-order valence-corrected chi connectivity index (χ0v) is 11.4. The molecule has 0 aliphatic carbocycles. The molecule has 1 unspecified atom stereocenters. The second kappa shape index (κ2) is 8.54. The molecule has 0 saturated heterocycles. The fourth-order valence-electron chi connectivity index (χ4n) is 1.56. The molecule has 0 amide bonds. The maximum absolute atomic E-state index is 11.7. The van der Waals surface area contributed by atoms with Crippen molar-refractivity contribution in [2.75, 3.05) is 6.54 Å². The van der Waals surface area contributed by atoms with E-state index in [0.717, 1.165) is 5.48 Å². The van der Waals surface area contributed by atoms with Gasteiger partial charge in [-0.25, -0.2) is 9.59 Å². The van der Waals surface area contributed by atoms with Crippen molar-refractivity contribution in [2.45, 2.75) is 18.9 Å². The van der Waals surface area contributed by atoms with Crippen LogP contribution >= 0.6 is 0 Å². The van der Waals surface area contributed by atoms with Crippen LogP contribution in [0.25, 0.3) is 0 Å². The number of carboxylic acid groups (broad SMARTS) is 1. The number of carbonyl (C=O) groups excluding carboxylic acids is 1. The van der Waals surface area contributed by atoms with Gasteiger partial charge in [0.05, 0.1) is 5.56 Å². The van der Waals surface area contributed by atoms with E-state index < -0.39 is 18.0 Å². The average molecular weight is 295 g/mol. The highest BCUT2D eigenvalue weighted by molar-refractivity contribution is 5.88. The second-order valence-corrected chi connectivity index (χ2v) is 4.30. The number of benzene rings is 1. The Kier molecular flexibility index (Phi) is 6.69. The lowest BCUT2D eigenvalue weighted by Gasteiger charge is -2.09. The van der Waals surface area contributed by atoms with Crippen molar-refractivity contribution in [3.63, 3.8) is 0 Å². The summed E-state index contributed by atoms with van der Waals surface area (Å²) in [7, 11) is 0. The molecule has 8 heteroatoms. The van der Waals surface area contributed by atoms with Gasteiger partial charge in [0.2, 0.25) is 6.04 Å². The molecule has 8 nitrogen and oxygen atoms in total. The van der Waals surface area contributed by atoms with Gasteiger partial charge in [0.1, 0.15) is 0 Å². The van der Waals surface area contributed by atoms with Crippen molar-refractivity contribution >= 4 is 17.9 Å². The molecule has 1 aromatic rings. The third-order valence-corrected chi connectivity index (χ3v) is 2.63. The molecule has 114 valence electrons. The van der Waals surface area contributed by atoms with Crippen LogP contribution in [0, 0.1) is 0 Å². The van der Waals surface area contributed by atoms with Crippen LogP contribution in [0.2, 0.25) is 0 Å². The lowest BCUT2D eigenvalue weighted by molar-refractivity contribution is -0.886. The Morgan fingerprint density at radius 3 is 2.52 bits per heavy atom. The average Bonchev–Trinajstić information content (AvgIpc) is 2.46. The largest absolute Gasteiger partial charge is 0.477 e. The number of guanidine groups is 1. The van der Waals surface area contributed by atoms with Gasteiger partial charge in [-0.2, -0.15) is 0 Å². The van der Waals surface area contributed by atoms with Crippen LogP contribution < -0.4 is 16.9 Å². The number of quaternary nitrogens is 1. The van der Waals surface area contributed by atoms with Crippen molar-refractivity contribution in [3.8, 4) is 0 Å². The van der Waals surface area contributed by atoms with Gasteiger partial charge in [-0.1, -0.05) is 18.2 Å². The molecule has 7 N–H and O–H groups in total. The van der Waals surface area contributed by atoms with E-state index in [1.165, 1.54) is 0 Å². The fourth-order valence-corrected chi connectivity index (χ4v) is 1.56. The maximum atomic E-state index is 11.7. The smallest absolute Gasteiger partial charge is 0.397 e. The number of rotatable bonds is 8. The monoisotopic (exact) mass is 295 g/mol. The van der Waals surface area contributed by atoms with Gasteiger partial charge in [-0.3, -0.25) is 9.83 Å². The summed E-state index contributed by atoms with van der Waals surface area (Å²) < 4.78 is 0. The molecule has 0 bridgehead atoms. The molecule has 1 atom stereocenters. The number of aliphatic imine (C=N–C) groups is 1. The summed E-state index contributed by atoms with van der Waals surface area (Å²) in [5.74, 6) is -1.70. The van der Waals surface area contributed by atoms with Crippen molar-refractivity contribution < 1.29 is 25.0 Å². The van der Waals surface area contributed by atoms with E-state index in [4.69, 9.17) is 21.4 Å². The van der Waals surface area contributed by atoms with Crippen molar-refractivity contribution in [2.24, 2.45) is 16.5 Å². The highest BCUT2D eigenvalue weighted by atomic mass is 16.7. The van der Waals surface area contributed by atoms with Crippen LogP contribution in [0.1, 0.15) is 23.2 Å². The maximum Gasteiger partial charge on any atom is 0.397 e. The highest BCUT2D eigenvalue weighted by Gasteiger charge is 2.23. The van der Waals surface area contributed by atoms with Crippen LogP contribution in [0.3, 0.4) is 0 Å². The number of hydrogen-bond donors (Lipinski definition) is 4. The Hall–Kier alpha value is -2.61. The molecule has 1 aromatic carbocycles. The zero-order chi connectivity index (χ0) is 15.7. The minimum Gasteiger partial charge on any atom is -0.477 e. The molecule has 0 spiro atoms. The van der Waals surface area contributed by atoms with Gasteiger partial charge in [0.25, 0.3) is 0 Å². The van der Waals surface area contributed by atoms with E-state index >= 15 is 0 Å². The molecule has 0 saturated carbocycles. The first kappa shape index (κ1) is 16.4. The van der Waals surface area contributed by atoms with E-state index in [0.29, 0.717) is 18.5 Å². The molecular formula is C13H19N4O4+. The van der Waals surface area contributed by atoms with Crippen LogP contribution in [0.15, 0.2) is 35.3 Å². The Balaban J connectivity index is 2.42. The number of carboxylic acids is 1. The van der Waals surface area contributed by atoms with Gasteiger partial charge in [-0.15, -0.1) is 5.48 Å². The number of hydroxylamine groups is 1. The summed E-state index contributed by atoms with van der Waals surface area (Å²) in [5, 5.41) is 9.06. The standard InChI is InChI=1S/C13H18N4O4/c14-13(15)16-8-4-7-10(11(18)19)17-21-12(20)9-5-2-1-3-6-9/h1-3,5-6,10,17H,4,7-8H2,(H,18,19)(H4,14,15,16)/p+1. The van der Waals surface area contributed by atoms with Crippen molar-refractivity contribution in [1.82, 2.24) is 0 Å². The first-order valence-corrected chi connectivity index (χ1v) is 6.38. The van der Waals surface area contributed by atoms with Gasteiger partial charge in [0.15, 0.2) is 5.96 Å². The van der Waals surface area contributed by atoms with E-state index in [1.54, 1.807) is 30.3 Å². The number of nitrogens with two attached hydrogens (primary N) is 3. The second-order valence-electron chi connectivity index (χ2n) is 4.30. The van der Waals surface area contributed by atoms with Gasteiger partial charge in [-0.05, 0) is 18.6 Å². The molecular weight excluding hydrogens is 276 g/mol. The predicted molar refractivity (Wildman–Crippen MR) is 75.1 cm³/mol. The van der Waals surface area contributed by atoms with Gasteiger partial charge in [0, 0.05) is 13.0 Å². The molecule has 0 fully saturated rings. The van der Waals surface area contributed by atoms with Crippen molar-refractivity contribution in [3.05, 3.63) is 35.9 Å². The number of aliphatic carboxylic acids is 1. The highest BCUT2D eigenvalue weighted by Crippen LogP contribution is 1.99. The van der Waals surface area contributed by atoms with Crippen LogP contribution in [-0.2, 0) is 9.63 Å². The minimum absolute atomic E-state index is 0.0404. The zero-order valence-electron chi connectivity index (χ0n) is 11.4. The van der Waals surface area contributed by atoms with Gasteiger partial charge < -0.3 is 16.6 Å². The normalized spacial score (nSPS) is 11.4. The molecule has 0 aromatic heterocycles. The third kappa shape index (κ3) is 6.39. The topological polar surface area (TPSA) is 145 Å². The van der Waals surface area contributed by atoms with E-state index in [2.05, 4.69) is 4.99 Å². The molecule has 0 heterocycles. The lowest BCUT2D eigenvalue weighted by atomic mass is 10.2. The number of carbonyl (C=O) groups is 2. The number of nitrogens with zero attached hydrogens (tertiary/aromatic N) is 1. The van der Waals surface area contributed by atoms with Crippen LogP contribution in [0.4, 0.5) is 0 Å². The minimum atomic E-state index is -1.07. The Morgan fingerprint density at radius 1 is 1.29 bits per heavy atom. The Bertz CT molecular complexity index is 500. The first-order chi connectivity index (χ1) is 10.0. The quantitative estimate of drug-likeness (QED) is 0.206. The Morgan fingerprint density at radius 2 is 1.95 bits per heavy atom. The SMILES string of the molecule is NC(N)=NCCCC([NH2+]OC(=O)c1ccccc1)C(=O)O. The molecule has 21 heavy (non-hydrogen) atoms. The number of hydrogen-bond acceptors (Lipinski definition) is 4. The summed E-state index contributed by atoms with van der Waals surface area (Å²) in [6, 6.07) is 7.44. The Labute approximate surface area is 121 Å². The van der Waals surface area contributed by atoms with E-state index in [-0.39, 0.29) is 12.4 Å². The molecule has 0 radical (unpaired) electrons. The van der Waals surface area contributed by atoms with E-state index in [1.807, 2.05) is 0 Å². The molecule has 0 aliphatic heterocycles. The predicted octanol–water partition coefficient (Wildman–Crippen LogP) is -1.17. The van der Waals surface area contributed by atoms with Crippen LogP contribution in [0.5, 0.6) is 0 Å². The summed E-state index contributed by atoms with van der Waals surface area (Å²) in [4.78, 5) is 31.4. The summed E-state index contributed by atoms with van der Waals surface area (Å²) >= 11 is 0. The third-order valence-electron chi connectivity index (χ3n) is 2.63. The van der Waals surface area contributed by atoms with Crippen LogP contribution in [-0.4, -0.2) is 35.6 Å². The van der Waals surface area contributed by atoms with E-state index in [9.17, 15) is 9.59 Å².